The van der Waals surface area contributed by atoms with Crippen molar-refractivity contribution in [2.45, 2.75) is 18.9 Å². The number of ether oxygens (including phenoxy) is 1. The number of hydrogen-bond donors (Lipinski definition) is 0. The molecule has 1 saturated heterocycles. The second-order valence-electron chi connectivity index (χ2n) is 5.81. The van der Waals surface area contributed by atoms with Gasteiger partial charge in [0.2, 0.25) is 0 Å². The molecule has 0 saturated carbocycles. The fourth-order valence-corrected chi connectivity index (χ4v) is 3.03. The molecule has 0 N–H and O–H groups in total. The molecule has 0 spiro atoms. The molecule has 3 nitrogen and oxygen atoms in total. The lowest BCUT2D eigenvalue weighted by molar-refractivity contribution is 0.0595. The molecular weight excluding hydrogens is 371 g/mol. The monoisotopic (exact) mass is 385 g/mol. The summed E-state index contributed by atoms with van der Waals surface area (Å²) in [6.07, 6.45) is 1.06. The summed E-state index contributed by atoms with van der Waals surface area (Å²) >= 11 is 11.8. The van der Waals surface area contributed by atoms with E-state index < -0.39 is 11.6 Å². The molecule has 1 heterocycles. The molecule has 132 valence electrons. The molecule has 1 aliphatic rings. The number of amides is 1. The Kier molecular flexibility index (Phi) is 5.45. The Morgan fingerprint density at radius 1 is 1.00 bits per heavy atom. The predicted molar refractivity (Wildman–Crippen MR) is 92.4 cm³/mol. The van der Waals surface area contributed by atoms with Crippen LogP contribution in [0.4, 0.5) is 8.78 Å². The van der Waals surface area contributed by atoms with Crippen LogP contribution in [0.15, 0.2) is 36.4 Å². The topological polar surface area (TPSA) is 29.5 Å². The van der Waals surface area contributed by atoms with Crippen molar-refractivity contribution in [1.29, 1.82) is 0 Å². The Bertz CT molecular complexity index is 793. The van der Waals surface area contributed by atoms with Crippen molar-refractivity contribution < 1.29 is 18.3 Å². The Hall–Kier alpha value is -1.85. The lowest BCUT2D eigenvalue weighted by Gasteiger charge is -2.32. The number of halogens is 4. The van der Waals surface area contributed by atoms with Gasteiger partial charge in [0.1, 0.15) is 11.9 Å². The summed E-state index contributed by atoms with van der Waals surface area (Å²) in [5, 5.41) is 0.737. The molecule has 25 heavy (non-hydrogen) atoms. The smallest absolute Gasteiger partial charge is 0.253 e. The molecule has 0 radical (unpaired) electrons. The summed E-state index contributed by atoms with van der Waals surface area (Å²) in [4.78, 5) is 14.2. The molecule has 0 atom stereocenters. The van der Waals surface area contributed by atoms with Gasteiger partial charge in [0, 0.05) is 37.6 Å². The predicted octanol–water partition coefficient (Wildman–Crippen LogP) is 4.96. The minimum absolute atomic E-state index is 0.121. The van der Waals surface area contributed by atoms with Crippen molar-refractivity contribution >= 4 is 29.1 Å². The minimum Gasteiger partial charge on any atom is -0.490 e. The normalized spacial score (nSPS) is 15.3. The summed E-state index contributed by atoms with van der Waals surface area (Å²) in [7, 11) is 0. The van der Waals surface area contributed by atoms with Gasteiger partial charge in [0.25, 0.3) is 5.91 Å². The Labute approximate surface area is 154 Å². The van der Waals surface area contributed by atoms with Crippen LogP contribution in [0.3, 0.4) is 0 Å². The zero-order chi connectivity index (χ0) is 18.0. The van der Waals surface area contributed by atoms with Crippen molar-refractivity contribution in [2.24, 2.45) is 0 Å². The van der Waals surface area contributed by atoms with E-state index in [9.17, 15) is 13.6 Å². The van der Waals surface area contributed by atoms with E-state index in [1.165, 1.54) is 6.07 Å². The van der Waals surface area contributed by atoms with E-state index in [4.69, 9.17) is 27.9 Å². The first-order chi connectivity index (χ1) is 11.9. The highest BCUT2D eigenvalue weighted by atomic mass is 35.5. The number of piperidine rings is 1. The SMILES string of the molecule is O=C(c1ccc(Cl)c(Cl)c1)N1CCC(Oc2ccc(F)c(F)c2)CC1. The fraction of sp³-hybridized carbons (Fsp3) is 0.278. The summed E-state index contributed by atoms with van der Waals surface area (Å²) in [6.45, 7) is 1.01. The second kappa shape index (κ2) is 7.58. The van der Waals surface area contributed by atoms with E-state index in [1.807, 2.05) is 0 Å². The van der Waals surface area contributed by atoms with Gasteiger partial charge in [-0.05, 0) is 30.3 Å². The van der Waals surface area contributed by atoms with Gasteiger partial charge in [-0.2, -0.15) is 0 Å². The summed E-state index contributed by atoms with van der Waals surface area (Å²) in [6, 6.07) is 8.24. The van der Waals surface area contributed by atoms with Crippen LogP contribution in [0.2, 0.25) is 10.0 Å². The average molecular weight is 386 g/mol. The first-order valence-electron chi connectivity index (χ1n) is 7.80. The maximum atomic E-state index is 13.2. The fourth-order valence-electron chi connectivity index (χ4n) is 2.73. The number of carbonyl (C=O) groups is 1. The summed E-state index contributed by atoms with van der Waals surface area (Å²) in [5.74, 6) is -1.68. The molecule has 0 aliphatic carbocycles. The number of benzene rings is 2. The highest BCUT2D eigenvalue weighted by Gasteiger charge is 2.25. The molecule has 0 bridgehead atoms. The number of rotatable bonds is 3. The third kappa shape index (κ3) is 4.22. The van der Waals surface area contributed by atoms with Crippen LogP contribution >= 0.6 is 23.2 Å². The van der Waals surface area contributed by atoms with Gasteiger partial charge in [-0.3, -0.25) is 4.79 Å². The zero-order valence-electron chi connectivity index (χ0n) is 13.1. The number of nitrogens with zero attached hydrogens (tertiary/aromatic N) is 1. The van der Waals surface area contributed by atoms with E-state index in [2.05, 4.69) is 0 Å². The van der Waals surface area contributed by atoms with Crippen LogP contribution in [-0.2, 0) is 0 Å². The molecule has 2 aromatic rings. The highest BCUT2D eigenvalue weighted by Crippen LogP contribution is 2.25. The standard InChI is InChI=1S/C18H15Cl2F2NO2/c19-14-3-1-11(9-15(14)20)18(24)23-7-5-12(6-8-23)25-13-2-4-16(21)17(22)10-13/h1-4,9-10,12H,5-8H2. The molecule has 7 heteroatoms. The first-order valence-corrected chi connectivity index (χ1v) is 8.55. The maximum absolute atomic E-state index is 13.2. The molecule has 2 aromatic carbocycles. The molecule has 1 amide bonds. The van der Waals surface area contributed by atoms with Crippen molar-refractivity contribution in [1.82, 2.24) is 4.90 Å². The lowest BCUT2D eigenvalue weighted by atomic mass is 10.1. The van der Waals surface area contributed by atoms with E-state index in [1.54, 1.807) is 23.1 Å². The van der Waals surface area contributed by atoms with E-state index in [0.717, 1.165) is 12.1 Å². The van der Waals surface area contributed by atoms with Crippen molar-refractivity contribution in [2.75, 3.05) is 13.1 Å². The average Bonchev–Trinajstić information content (AvgIpc) is 2.61. The van der Waals surface area contributed by atoms with E-state index in [-0.39, 0.29) is 17.8 Å². The number of likely N-dealkylation sites (tertiary alicyclic amines) is 1. The van der Waals surface area contributed by atoms with Gasteiger partial charge in [-0.25, -0.2) is 8.78 Å². The zero-order valence-corrected chi connectivity index (χ0v) is 14.7. The summed E-state index contributed by atoms with van der Waals surface area (Å²) in [5.41, 5.74) is 0.481. The Morgan fingerprint density at radius 3 is 2.36 bits per heavy atom. The van der Waals surface area contributed by atoms with Gasteiger partial charge < -0.3 is 9.64 Å². The van der Waals surface area contributed by atoms with Gasteiger partial charge in [-0.15, -0.1) is 0 Å². The van der Waals surface area contributed by atoms with Crippen molar-refractivity contribution in [3.05, 3.63) is 63.6 Å². The van der Waals surface area contributed by atoms with Crippen LogP contribution in [-0.4, -0.2) is 30.0 Å². The van der Waals surface area contributed by atoms with Gasteiger partial charge in [0.15, 0.2) is 11.6 Å². The number of hydrogen-bond acceptors (Lipinski definition) is 2. The Balaban J connectivity index is 1.58. The van der Waals surface area contributed by atoms with Crippen LogP contribution in [0, 0.1) is 11.6 Å². The molecule has 0 unspecified atom stereocenters. The third-order valence-corrected chi connectivity index (χ3v) is 4.83. The lowest BCUT2D eigenvalue weighted by Crippen LogP contribution is -2.41. The maximum Gasteiger partial charge on any atom is 0.253 e. The van der Waals surface area contributed by atoms with E-state index in [0.29, 0.717) is 41.5 Å². The van der Waals surface area contributed by atoms with Crippen LogP contribution in [0.5, 0.6) is 5.75 Å². The van der Waals surface area contributed by atoms with Gasteiger partial charge >= 0.3 is 0 Å². The van der Waals surface area contributed by atoms with Gasteiger partial charge in [0.05, 0.1) is 10.0 Å². The number of carbonyl (C=O) groups excluding carboxylic acids is 1. The largest absolute Gasteiger partial charge is 0.490 e. The third-order valence-electron chi connectivity index (χ3n) is 4.09. The highest BCUT2D eigenvalue weighted by molar-refractivity contribution is 6.42. The molecular formula is C18H15Cl2F2NO2. The molecule has 1 fully saturated rings. The second-order valence-corrected chi connectivity index (χ2v) is 6.63. The minimum atomic E-state index is -0.940. The van der Waals surface area contributed by atoms with Crippen LogP contribution < -0.4 is 4.74 Å². The quantitative estimate of drug-likeness (QED) is 0.747. The van der Waals surface area contributed by atoms with E-state index >= 15 is 0 Å². The van der Waals surface area contributed by atoms with Crippen molar-refractivity contribution in [3.63, 3.8) is 0 Å². The van der Waals surface area contributed by atoms with Crippen LogP contribution in [0.1, 0.15) is 23.2 Å². The Morgan fingerprint density at radius 2 is 1.72 bits per heavy atom. The first kappa shape index (κ1) is 18.0. The summed E-state index contributed by atoms with van der Waals surface area (Å²) < 4.78 is 31.8. The molecule has 1 aliphatic heterocycles. The molecule has 0 aromatic heterocycles. The van der Waals surface area contributed by atoms with Crippen LogP contribution in [0.25, 0.3) is 0 Å². The van der Waals surface area contributed by atoms with Crippen molar-refractivity contribution in [3.8, 4) is 5.75 Å². The van der Waals surface area contributed by atoms with Gasteiger partial charge in [-0.1, -0.05) is 23.2 Å². The molecule has 3 rings (SSSR count).